The van der Waals surface area contributed by atoms with E-state index in [1.807, 2.05) is 0 Å². The summed E-state index contributed by atoms with van der Waals surface area (Å²) < 4.78 is 18.2. The molecule has 1 aromatic heterocycles. The smallest absolute Gasteiger partial charge is 0.329 e. The van der Waals surface area contributed by atoms with E-state index in [0.717, 1.165) is 11.0 Å². The van der Waals surface area contributed by atoms with Crippen molar-refractivity contribution in [2.24, 2.45) is 0 Å². The number of allylic oxidation sites excluding steroid dienone is 3. The van der Waals surface area contributed by atoms with Gasteiger partial charge in [0.1, 0.15) is 23.7 Å². The zero-order valence-electron chi connectivity index (χ0n) is 13.2. The zero-order chi connectivity index (χ0) is 17.7. The van der Waals surface area contributed by atoms with Gasteiger partial charge in [0.25, 0.3) is 0 Å². The molecule has 0 aliphatic carbocycles. The van der Waals surface area contributed by atoms with Gasteiger partial charge in [-0.05, 0) is 12.5 Å². The van der Waals surface area contributed by atoms with Crippen LogP contribution in [0.5, 0.6) is 0 Å². The molecule has 8 heteroatoms. The number of imide groups is 1. The lowest BCUT2D eigenvalue weighted by Gasteiger charge is -2.15. The third kappa shape index (κ3) is 4.03. The summed E-state index contributed by atoms with van der Waals surface area (Å²) in [7, 11) is 1.39. The molecule has 1 saturated heterocycles. The van der Waals surface area contributed by atoms with Crippen LogP contribution in [0, 0.1) is 0 Å². The largest absolute Gasteiger partial charge is 0.497 e. The molecule has 2 heterocycles. The molecule has 0 aromatic carbocycles. The van der Waals surface area contributed by atoms with Gasteiger partial charge in [0.2, 0.25) is 5.91 Å². The fraction of sp³-hybridized carbons (Fsp3) is 0.250. The van der Waals surface area contributed by atoms with Gasteiger partial charge in [0.05, 0.1) is 12.8 Å². The van der Waals surface area contributed by atoms with Crippen LogP contribution in [-0.4, -0.2) is 40.5 Å². The molecule has 0 saturated carbocycles. The number of methoxy groups -OCH3 is 1. The molecule has 126 valence electrons. The highest BCUT2D eigenvalue weighted by Crippen LogP contribution is 2.24. The number of carbonyl (C=O) groups excluding carboxylic acids is 2. The summed E-state index contributed by atoms with van der Waals surface area (Å²) in [5, 5.41) is 2.52. The molecule has 1 aliphatic heterocycles. The Morgan fingerprint density at radius 2 is 2.21 bits per heavy atom. The summed E-state index contributed by atoms with van der Waals surface area (Å²) in [6.07, 6.45) is 3.31. The highest BCUT2D eigenvalue weighted by atomic mass is 19.1. The Kier molecular flexibility index (Phi) is 5.41. The number of aromatic nitrogens is 2. The maximum Gasteiger partial charge on any atom is 0.329 e. The van der Waals surface area contributed by atoms with E-state index >= 15 is 0 Å². The van der Waals surface area contributed by atoms with Crippen LogP contribution in [0.15, 0.2) is 43.2 Å². The maximum absolute atomic E-state index is 13.2. The predicted octanol–water partition coefficient (Wildman–Crippen LogP) is 2.66. The number of likely N-dealkylation sites (tertiary alicyclic amines) is 1. The number of amides is 3. The van der Waals surface area contributed by atoms with Crippen LogP contribution >= 0.6 is 0 Å². The quantitative estimate of drug-likeness (QED) is 0.662. The molecule has 0 bridgehead atoms. The average molecular weight is 332 g/mol. The van der Waals surface area contributed by atoms with E-state index < -0.39 is 11.9 Å². The van der Waals surface area contributed by atoms with Gasteiger partial charge in [-0.3, -0.25) is 15.0 Å². The second-order valence-corrected chi connectivity index (χ2v) is 5.00. The standard InChI is InChI=1S/C16H17FN4O3/c1-10(17)7-12(11(2)24-3)13-8-14(19-9-18-13)20-16(23)21-6-4-5-15(21)22/h7-9H,1-2,4-6H2,3H3,(H,18,19,20,23)/b12-7+. The van der Waals surface area contributed by atoms with Crippen LogP contribution in [0.2, 0.25) is 0 Å². The summed E-state index contributed by atoms with van der Waals surface area (Å²) in [4.78, 5) is 32.7. The van der Waals surface area contributed by atoms with Gasteiger partial charge in [-0.1, -0.05) is 13.2 Å². The molecule has 1 fully saturated rings. The van der Waals surface area contributed by atoms with E-state index in [4.69, 9.17) is 4.74 Å². The minimum Gasteiger partial charge on any atom is -0.497 e. The Labute approximate surface area is 138 Å². The number of carbonyl (C=O) groups is 2. The molecular formula is C16H17FN4O3. The van der Waals surface area contributed by atoms with Gasteiger partial charge in [0, 0.05) is 24.6 Å². The van der Waals surface area contributed by atoms with E-state index in [1.165, 1.54) is 19.5 Å². The van der Waals surface area contributed by atoms with Gasteiger partial charge in [-0.25, -0.2) is 19.2 Å². The first kappa shape index (κ1) is 17.3. The van der Waals surface area contributed by atoms with E-state index in [0.29, 0.717) is 25.1 Å². The van der Waals surface area contributed by atoms with Crippen molar-refractivity contribution in [3.05, 3.63) is 48.9 Å². The first-order valence-corrected chi connectivity index (χ1v) is 7.15. The normalized spacial score (nSPS) is 14.5. The lowest BCUT2D eigenvalue weighted by molar-refractivity contribution is -0.125. The molecule has 1 aliphatic rings. The van der Waals surface area contributed by atoms with Crippen LogP contribution in [0.3, 0.4) is 0 Å². The van der Waals surface area contributed by atoms with Crippen LogP contribution in [0.4, 0.5) is 15.0 Å². The van der Waals surface area contributed by atoms with Crippen molar-refractivity contribution in [2.45, 2.75) is 12.8 Å². The maximum atomic E-state index is 13.2. The van der Waals surface area contributed by atoms with Gasteiger partial charge in [0.15, 0.2) is 0 Å². The number of rotatable bonds is 5. The lowest BCUT2D eigenvalue weighted by atomic mass is 10.1. The van der Waals surface area contributed by atoms with E-state index in [2.05, 4.69) is 28.4 Å². The van der Waals surface area contributed by atoms with Crippen LogP contribution in [-0.2, 0) is 9.53 Å². The number of halogens is 1. The second-order valence-electron chi connectivity index (χ2n) is 5.00. The SMILES string of the molecule is C=C(F)/C=C(\C(=C)OC)c1cc(NC(=O)N2CCCC2=O)ncn1. The summed E-state index contributed by atoms with van der Waals surface area (Å²) >= 11 is 0. The van der Waals surface area contributed by atoms with Gasteiger partial charge in [-0.2, -0.15) is 0 Å². The van der Waals surface area contributed by atoms with Crippen LogP contribution < -0.4 is 5.32 Å². The minimum absolute atomic E-state index is 0.170. The first-order valence-electron chi connectivity index (χ1n) is 7.15. The number of nitrogens with one attached hydrogen (secondary N) is 1. The van der Waals surface area contributed by atoms with Gasteiger partial charge < -0.3 is 4.74 Å². The average Bonchev–Trinajstić information content (AvgIpc) is 2.98. The van der Waals surface area contributed by atoms with Crippen molar-refractivity contribution in [3.8, 4) is 0 Å². The molecule has 0 unspecified atom stereocenters. The minimum atomic E-state index is -0.699. The molecule has 24 heavy (non-hydrogen) atoms. The Balaban J connectivity index is 2.24. The Bertz CT molecular complexity index is 730. The molecule has 7 nitrogen and oxygen atoms in total. The number of urea groups is 1. The third-order valence-corrected chi connectivity index (χ3v) is 3.34. The summed E-state index contributed by atoms with van der Waals surface area (Å²) in [6.45, 7) is 7.21. The molecule has 2 rings (SSSR count). The monoisotopic (exact) mass is 332 g/mol. The van der Waals surface area contributed by atoms with Crippen molar-refractivity contribution in [3.63, 3.8) is 0 Å². The van der Waals surface area contributed by atoms with Crippen LogP contribution in [0.25, 0.3) is 5.57 Å². The van der Waals surface area contributed by atoms with E-state index in [1.54, 1.807) is 0 Å². The fourth-order valence-corrected chi connectivity index (χ4v) is 2.18. The van der Waals surface area contributed by atoms with Crippen molar-refractivity contribution in [1.82, 2.24) is 14.9 Å². The molecule has 1 N–H and O–H groups in total. The number of hydrogen-bond acceptors (Lipinski definition) is 5. The van der Waals surface area contributed by atoms with Gasteiger partial charge in [-0.15, -0.1) is 0 Å². The van der Waals surface area contributed by atoms with E-state index in [9.17, 15) is 14.0 Å². The van der Waals surface area contributed by atoms with Crippen molar-refractivity contribution >= 4 is 23.3 Å². The first-order chi connectivity index (χ1) is 11.4. The summed E-state index contributed by atoms with van der Waals surface area (Å²) in [5.41, 5.74) is 0.554. The lowest BCUT2D eigenvalue weighted by Crippen LogP contribution is -2.35. The van der Waals surface area contributed by atoms with Crippen molar-refractivity contribution in [2.75, 3.05) is 19.0 Å². The summed E-state index contributed by atoms with van der Waals surface area (Å²) in [6, 6.07) is 0.866. The zero-order valence-corrected chi connectivity index (χ0v) is 13.2. The fourth-order valence-electron chi connectivity index (χ4n) is 2.18. The highest BCUT2D eigenvalue weighted by Gasteiger charge is 2.26. The molecule has 1 aromatic rings. The Morgan fingerprint density at radius 1 is 1.46 bits per heavy atom. The molecular weight excluding hydrogens is 315 g/mol. The van der Waals surface area contributed by atoms with Crippen molar-refractivity contribution in [1.29, 1.82) is 0 Å². The number of hydrogen-bond donors (Lipinski definition) is 1. The molecule has 0 radical (unpaired) electrons. The highest BCUT2D eigenvalue weighted by molar-refractivity contribution is 6.01. The molecule has 3 amide bonds. The number of ether oxygens (including phenoxy) is 1. The number of nitrogens with zero attached hydrogens (tertiary/aromatic N) is 3. The predicted molar refractivity (Wildman–Crippen MR) is 86.4 cm³/mol. The molecule has 0 spiro atoms. The summed E-state index contributed by atoms with van der Waals surface area (Å²) in [5.74, 6) is -0.581. The Morgan fingerprint density at radius 3 is 2.79 bits per heavy atom. The Hall–Kier alpha value is -3.03. The van der Waals surface area contributed by atoms with Gasteiger partial charge >= 0.3 is 6.03 Å². The van der Waals surface area contributed by atoms with Crippen molar-refractivity contribution < 1.29 is 18.7 Å². The second kappa shape index (κ2) is 7.49. The van der Waals surface area contributed by atoms with E-state index in [-0.39, 0.29) is 23.1 Å². The number of anilines is 1. The molecule has 0 atom stereocenters. The van der Waals surface area contributed by atoms with Crippen LogP contribution in [0.1, 0.15) is 18.5 Å². The topological polar surface area (TPSA) is 84.4 Å². The third-order valence-electron chi connectivity index (χ3n) is 3.34.